The number of amides is 1. The maximum atomic E-state index is 12.3. The zero-order valence-corrected chi connectivity index (χ0v) is 14.4. The molecule has 0 bridgehead atoms. The summed E-state index contributed by atoms with van der Waals surface area (Å²) < 4.78 is 5.67. The van der Waals surface area contributed by atoms with Crippen LogP contribution in [0.2, 0.25) is 0 Å². The van der Waals surface area contributed by atoms with E-state index >= 15 is 0 Å². The molecule has 1 atom stereocenters. The lowest BCUT2D eigenvalue weighted by molar-refractivity contribution is -0.137. The monoisotopic (exact) mass is 333 g/mol. The minimum Gasteiger partial charge on any atom is -0.494 e. The quantitative estimate of drug-likeness (QED) is 0.742. The molecule has 1 aromatic rings. The zero-order chi connectivity index (χ0) is 17.4. The number of benzene rings is 1. The predicted molar refractivity (Wildman–Crippen MR) is 92.1 cm³/mol. The van der Waals surface area contributed by atoms with Gasteiger partial charge < -0.3 is 14.7 Å². The molecule has 1 aliphatic rings. The van der Waals surface area contributed by atoms with Crippen LogP contribution in [0, 0.1) is 12.8 Å². The summed E-state index contributed by atoms with van der Waals surface area (Å²) >= 11 is 0. The van der Waals surface area contributed by atoms with Crippen LogP contribution in [0.3, 0.4) is 0 Å². The minimum atomic E-state index is -0.758. The Labute approximate surface area is 143 Å². The molecule has 1 amide bonds. The van der Waals surface area contributed by atoms with Crippen molar-refractivity contribution in [1.29, 1.82) is 0 Å². The van der Waals surface area contributed by atoms with Gasteiger partial charge in [0.25, 0.3) is 0 Å². The SMILES string of the molecule is Cc1cccc(OCCCC(=O)N2CCC[C@@H](CCC(=O)O)C2)c1. The van der Waals surface area contributed by atoms with E-state index in [4.69, 9.17) is 9.84 Å². The Hall–Kier alpha value is -2.04. The zero-order valence-electron chi connectivity index (χ0n) is 14.4. The molecule has 0 saturated carbocycles. The van der Waals surface area contributed by atoms with E-state index in [1.807, 2.05) is 36.1 Å². The highest BCUT2D eigenvalue weighted by Crippen LogP contribution is 2.22. The Kier molecular flexibility index (Phi) is 7.09. The summed E-state index contributed by atoms with van der Waals surface area (Å²) in [4.78, 5) is 24.9. The van der Waals surface area contributed by atoms with E-state index in [1.165, 1.54) is 0 Å². The number of ether oxygens (including phenoxy) is 1. The molecule has 0 aromatic heterocycles. The molecule has 1 N–H and O–H groups in total. The smallest absolute Gasteiger partial charge is 0.303 e. The van der Waals surface area contributed by atoms with Crippen molar-refractivity contribution in [2.24, 2.45) is 5.92 Å². The lowest BCUT2D eigenvalue weighted by Crippen LogP contribution is -2.40. The summed E-state index contributed by atoms with van der Waals surface area (Å²) in [6.07, 6.45) is 4.02. The van der Waals surface area contributed by atoms with Crippen LogP contribution in [0.25, 0.3) is 0 Å². The first-order chi connectivity index (χ1) is 11.5. The third-order valence-electron chi connectivity index (χ3n) is 4.43. The number of aryl methyl sites for hydroxylation is 1. The van der Waals surface area contributed by atoms with Crippen LogP contribution in [-0.4, -0.2) is 41.6 Å². The van der Waals surface area contributed by atoms with E-state index in [2.05, 4.69) is 0 Å². The van der Waals surface area contributed by atoms with Gasteiger partial charge in [-0.05, 0) is 56.2 Å². The van der Waals surface area contributed by atoms with E-state index in [9.17, 15) is 9.59 Å². The van der Waals surface area contributed by atoms with Gasteiger partial charge in [0.15, 0.2) is 0 Å². The Morgan fingerprint density at radius 1 is 1.33 bits per heavy atom. The predicted octanol–water partition coefficient (Wildman–Crippen LogP) is 3.26. The van der Waals surface area contributed by atoms with E-state index < -0.39 is 5.97 Å². The molecule has 0 spiro atoms. The number of piperidine rings is 1. The summed E-state index contributed by atoms with van der Waals surface area (Å²) in [6.45, 7) is 4.05. The van der Waals surface area contributed by atoms with Crippen LogP contribution in [0.1, 0.15) is 44.1 Å². The molecule has 1 aromatic carbocycles. The Morgan fingerprint density at radius 3 is 2.92 bits per heavy atom. The molecule has 0 aliphatic carbocycles. The first-order valence-electron chi connectivity index (χ1n) is 8.73. The van der Waals surface area contributed by atoms with E-state index in [1.54, 1.807) is 0 Å². The largest absolute Gasteiger partial charge is 0.494 e. The van der Waals surface area contributed by atoms with E-state index in [-0.39, 0.29) is 12.3 Å². The van der Waals surface area contributed by atoms with E-state index in [0.29, 0.717) is 38.3 Å². The number of likely N-dealkylation sites (tertiary alicyclic amines) is 1. The van der Waals surface area contributed by atoms with Crippen molar-refractivity contribution in [2.45, 2.75) is 45.4 Å². The summed E-state index contributed by atoms with van der Waals surface area (Å²) in [5.74, 6) is 0.561. The molecule has 2 rings (SSSR count). The number of carboxylic acids is 1. The topological polar surface area (TPSA) is 66.8 Å². The number of carboxylic acid groups (broad SMARTS) is 1. The molecule has 132 valence electrons. The number of aliphatic carboxylic acids is 1. The third kappa shape index (κ3) is 6.22. The second-order valence-electron chi connectivity index (χ2n) is 6.55. The molecule has 1 heterocycles. The summed E-state index contributed by atoms with van der Waals surface area (Å²) in [6, 6.07) is 7.89. The fourth-order valence-corrected chi connectivity index (χ4v) is 3.13. The Morgan fingerprint density at radius 2 is 2.17 bits per heavy atom. The molecule has 5 nitrogen and oxygen atoms in total. The lowest BCUT2D eigenvalue weighted by atomic mass is 9.93. The fraction of sp³-hybridized carbons (Fsp3) is 0.579. The van der Waals surface area contributed by atoms with Crippen LogP contribution in [0.5, 0.6) is 5.75 Å². The van der Waals surface area contributed by atoms with Crippen molar-refractivity contribution in [2.75, 3.05) is 19.7 Å². The number of nitrogens with zero attached hydrogens (tertiary/aromatic N) is 1. The number of hydrogen-bond donors (Lipinski definition) is 1. The van der Waals surface area contributed by atoms with Crippen molar-refractivity contribution in [3.8, 4) is 5.75 Å². The van der Waals surface area contributed by atoms with Gasteiger partial charge in [-0.15, -0.1) is 0 Å². The van der Waals surface area contributed by atoms with Gasteiger partial charge in [-0.25, -0.2) is 0 Å². The number of carbonyl (C=O) groups is 2. The first kappa shape index (κ1) is 18.3. The molecule has 0 radical (unpaired) electrons. The molecule has 24 heavy (non-hydrogen) atoms. The molecule has 0 unspecified atom stereocenters. The highest BCUT2D eigenvalue weighted by atomic mass is 16.5. The molecular formula is C19H27NO4. The van der Waals surface area contributed by atoms with Gasteiger partial charge >= 0.3 is 5.97 Å². The van der Waals surface area contributed by atoms with Gasteiger partial charge in [-0.3, -0.25) is 9.59 Å². The van der Waals surface area contributed by atoms with Crippen molar-refractivity contribution in [3.63, 3.8) is 0 Å². The van der Waals surface area contributed by atoms with Gasteiger partial charge in [0.05, 0.1) is 6.61 Å². The average Bonchev–Trinajstić information content (AvgIpc) is 2.57. The summed E-state index contributed by atoms with van der Waals surface area (Å²) in [7, 11) is 0. The van der Waals surface area contributed by atoms with Gasteiger partial charge in [-0.2, -0.15) is 0 Å². The highest BCUT2D eigenvalue weighted by molar-refractivity contribution is 5.76. The van der Waals surface area contributed by atoms with Gasteiger partial charge in [0.2, 0.25) is 5.91 Å². The summed E-state index contributed by atoms with van der Waals surface area (Å²) in [5, 5.41) is 8.78. The highest BCUT2D eigenvalue weighted by Gasteiger charge is 2.23. The van der Waals surface area contributed by atoms with Crippen LogP contribution < -0.4 is 4.74 Å². The third-order valence-corrected chi connectivity index (χ3v) is 4.43. The summed E-state index contributed by atoms with van der Waals surface area (Å²) in [5.41, 5.74) is 1.16. The van der Waals surface area contributed by atoms with Crippen molar-refractivity contribution in [3.05, 3.63) is 29.8 Å². The maximum absolute atomic E-state index is 12.3. The Bertz CT molecular complexity index is 558. The van der Waals surface area contributed by atoms with Gasteiger partial charge in [-0.1, -0.05) is 12.1 Å². The average molecular weight is 333 g/mol. The normalized spacial score (nSPS) is 17.5. The van der Waals surface area contributed by atoms with Crippen LogP contribution in [0.4, 0.5) is 0 Å². The first-order valence-corrected chi connectivity index (χ1v) is 8.73. The maximum Gasteiger partial charge on any atom is 0.303 e. The second kappa shape index (κ2) is 9.30. The lowest BCUT2D eigenvalue weighted by Gasteiger charge is -2.32. The van der Waals surface area contributed by atoms with Crippen molar-refractivity contribution < 1.29 is 19.4 Å². The van der Waals surface area contributed by atoms with Gasteiger partial charge in [0, 0.05) is 25.9 Å². The molecular weight excluding hydrogens is 306 g/mol. The molecule has 1 fully saturated rings. The van der Waals surface area contributed by atoms with Crippen LogP contribution >= 0.6 is 0 Å². The molecule has 1 aliphatic heterocycles. The van der Waals surface area contributed by atoms with E-state index in [0.717, 1.165) is 30.7 Å². The molecule has 1 saturated heterocycles. The van der Waals surface area contributed by atoms with Crippen LogP contribution in [0.15, 0.2) is 24.3 Å². The van der Waals surface area contributed by atoms with Gasteiger partial charge in [0.1, 0.15) is 5.75 Å². The minimum absolute atomic E-state index is 0.155. The second-order valence-corrected chi connectivity index (χ2v) is 6.55. The fourth-order valence-electron chi connectivity index (χ4n) is 3.13. The number of carbonyl (C=O) groups excluding carboxylic acids is 1. The Balaban J connectivity index is 1.67. The number of rotatable bonds is 8. The molecule has 5 heteroatoms. The van der Waals surface area contributed by atoms with Crippen molar-refractivity contribution >= 4 is 11.9 Å². The number of hydrogen-bond acceptors (Lipinski definition) is 3. The van der Waals surface area contributed by atoms with Crippen molar-refractivity contribution in [1.82, 2.24) is 4.90 Å². The standard InChI is InChI=1S/C19H27NO4/c1-15-5-2-7-17(13-15)24-12-4-8-18(21)20-11-3-6-16(14-20)9-10-19(22)23/h2,5,7,13,16H,3-4,6,8-12,14H2,1H3,(H,22,23)/t16-/m0/s1. The van der Waals surface area contributed by atoms with Crippen LogP contribution in [-0.2, 0) is 9.59 Å².